The van der Waals surface area contributed by atoms with Crippen molar-refractivity contribution in [2.45, 2.75) is 20.0 Å². The van der Waals surface area contributed by atoms with Gasteiger partial charge < -0.3 is 34.3 Å². The smallest absolute Gasteiger partial charge is 0.416 e. The molecule has 10 nitrogen and oxygen atoms in total. The number of aromatic nitrogens is 2. The molecule has 2 N–H and O–H groups in total. The van der Waals surface area contributed by atoms with E-state index in [1.54, 1.807) is 30.3 Å². The Kier molecular flexibility index (Phi) is 10.1. The van der Waals surface area contributed by atoms with Gasteiger partial charge in [0.2, 0.25) is 17.6 Å². The number of amides is 1. The minimum Gasteiger partial charge on any atom is -0.493 e. The number of rotatable bonds is 11. The summed E-state index contributed by atoms with van der Waals surface area (Å²) in [4.78, 5) is 22.6. The van der Waals surface area contributed by atoms with Crippen molar-refractivity contribution in [2.24, 2.45) is 0 Å². The van der Waals surface area contributed by atoms with Gasteiger partial charge in [0.15, 0.2) is 23.0 Å². The van der Waals surface area contributed by atoms with Gasteiger partial charge in [-0.3, -0.25) is 4.79 Å². The molecule has 0 aliphatic rings. The molecule has 0 atom stereocenters. The second-order valence-corrected chi connectivity index (χ2v) is 10.7. The summed E-state index contributed by atoms with van der Waals surface area (Å²) in [6.07, 6.45) is -3.12. The second kappa shape index (κ2) is 14.4. The molecule has 1 heterocycles. The fourth-order valence-corrected chi connectivity index (χ4v) is 5.02. The van der Waals surface area contributed by atoms with Crippen LogP contribution in [0.25, 0.3) is 11.1 Å². The molecule has 1 amide bonds. The monoisotopic (exact) mass is 674 g/mol. The first-order valence-electron chi connectivity index (χ1n) is 14.8. The summed E-state index contributed by atoms with van der Waals surface area (Å²) in [5.41, 5.74) is 3.23. The Morgan fingerprint density at radius 2 is 1.35 bits per heavy atom. The third-order valence-electron chi connectivity index (χ3n) is 7.55. The second-order valence-electron chi connectivity index (χ2n) is 10.7. The molecule has 0 bridgehead atoms. The first-order chi connectivity index (χ1) is 23.4. The molecule has 1 aromatic heterocycles. The Labute approximate surface area is 280 Å². The van der Waals surface area contributed by atoms with Crippen LogP contribution in [-0.4, -0.2) is 44.3 Å². The van der Waals surface area contributed by atoms with Gasteiger partial charge in [0, 0.05) is 29.7 Å². The number of alkyl halides is 3. The van der Waals surface area contributed by atoms with Crippen LogP contribution < -0.4 is 34.3 Å². The SMILES string of the molecule is COc1cc(-c2ccc(C(F)(F)F)cc2)ccc1Oc1nc(Nc2cc(OC)c(OC)c(OC)c2)ncc1C(=O)Nc1c(C)cccc1C. The van der Waals surface area contributed by atoms with Crippen molar-refractivity contribution in [1.82, 2.24) is 9.97 Å². The number of hydrogen-bond donors (Lipinski definition) is 2. The van der Waals surface area contributed by atoms with E-state index >= 15 is 0 Å². The minimum absolute atomic E-state index is 0.0203. The Bertz CT molecular complexity index is 1940. The number of nitrogens with one attached hydrogen (secondary N) is 2. The largest absolute Gasteiger partial charge is 0.493 e. The van der Waals surface area contributed by atoms with E-state index in [9.17, 15) is 18.0 Å². The summed E-state index contributed by atoms with van der Waals surface area (Å²) in [5, 5.41) is 6.01. The first kappa shape index (κ1) is 34.4. The van der Waals surface area contributed by atoms with E-state index in [1.807, 2.05) is 32.0 Å². The Hall–Kier alpha value is -5.98. The van der Waals surface area contributed by atoms with Gasteiger partial charge in [0.05, 0.1) is 34.0 Å². The number of hydrogen-bond acceptors (Lipinski definition) is 9. The van der Waals surface area contributed by atoms with E-state index in [0.717, 1.165) is 23.3 Å². The van der Waals surface area contributed by atoms with Crippen molar-refractivity contribution in [2.75, 3.05) is 39.1 Å². The van der Waals surface area contributed by atoms with Gasteiger partial charge in [-0.2, -0.15) is 18.2 Å². The van der Waals surface area contributed by atoms with Gasteiger partial charge in [0.1, 0.15) is 5.56 Å². The summed E-state index contributed by atoms with van der Waals surface area (Å²) < 4.78 is 67.4. The van der Waals surface area contributed by atoms with Crippen molar-refractivity contribution < 1.29 is 41.7 Å². The highest BCUT2D eigenvalue weighted by Crippen LogP contribution is 2.41. The molecule has 0 aliphatic heterocycles. The number of anilines is 3. The summed E-state index contributed by atoms with van der Waals surface area (Å²) in [6.45, 7) is 3.76. The average Bonchev–Trinajstić information content (AvgIpc) is 3.09. The van der Waals surface area contributed by atoms with Crippen LogP contribution in [-0.2, 0) is 6.18 Å². The van der Waals surface area contributed by atoms with Gasteiger partial charge in [-0.05, 0) is 60.4 Å². The van der Waals surface area contributed by atoms with Gasteiger partial charge in [-0.1, -0.05) is 36.4 Å². The highest BCUT2D eigenvalue weighted by molar-refractivity contribution is 6.06. The van der Waals surface area contributed by atoms with Crippen molar-refractivity contribution in [3.05, 3.63) is 101 Å². The summed E-state index contributed by atoms with van der Waals surface area (Å²) >= 11 is 0. The van der Waals surface area contributed by atoms with Crippen LogP contribution in [0.2, 0.25) is 0 Å². The van der Waals surface area contributed by atoms with Crippen LogP contribution in [0.15, 0.2) is 79.0 Å². The molecule has 0 spiro atoms. The molecule has 0 unspecified atom stereocenters. The van der Waals surface area contributed by atoms with E-state index in [1.165, 1.54) is 46.8 Å². The van der Waals surface area contributed by atoms with E-state index in [-0.39, 0.29) is 28.9 Å². The van der Waals surface area contributed by atoms with Crippen molar-refractivity contribution >= 4 is 23.2 Å². The number of ether oxygens (including phenoxy) is 5. The number of aryl methyl sites for hydroxylation is 2. The molecule has 0 aliphatic carbocycles. The number of carbonyl (C=O) groups is 1. The normalized spacial score (nSPS) is 11.0. The molecule has 49 heavy (non-hydrogen) atoms. The molecule has 0 saturated carbocycles. The molecule has 4 aromatic carbocycles. The van der Waals surface area contributed by atoms with Gasteiger partial charge in [-0.15, -0.1) is 0 Å². The maximum atomic E-state index is 13.7. The van der Waals surface area contributed by atoms with Crippen LogP contribution in [0.4, 0.5) is 30.5 Å². The zero-order chi connectivity index (χ0) is 35.3. The van der Waals surface area contributed by atoms with E-state index in [4.69, 9.17) is 23.7 Å². The van der Waals surface area contributed by atoms with Crippen LogP contribution >= 0.6 is 0 Å². The molecule has 254 valence electrons. The summed E-state index contributed by atoms with van der Waals surface area (Å²) in [6, 6.07) is 18.6. The molecular formula is C36H33F3N4O6. The highest BCUT2D eigenvalue weighted by Gasteiger charge is 2.30. The Morgan fingerprint density at radius 3 is 1.92 bits per heavy atom. The van der Waals surface area contributed by atoms with Crippen LogP contribution in [0.5, 0.6) is 34.6 Å². The van der Waals surface area contributed by atoms with E-state index in [2.05, 4.69) is 20.6 Å². The molecule has 13 heteroatoms. The average molecular weight is 675 g/mol. The third-order valence-corrected chi connectivity index (χ3v) is 7.55. The van der Waals surface area contributed by atoms with E-state index < -0.39 is 17.6 Å². The number of carbonyl (C=O) groups excluding carboxylic acids is 1. The first-order valence-corrected chi connectivity index (χ1v) is 14.8. The standard InChI is InChI=1S/C36H33F3N4O6/c1-20-8-7-9-21(2)31(20)42-33(44)26-19-40-35(41-25-17-29(46-4)32(48-6)30(18-25)47-5)43-34(26)49-27-15-12-23(16-28(27)45-3)22-10-13-24(14-11-22)36(37,38)39/h7-19H,1-6H3,(H,42,44)(H,40,41,43). The fourth-order valence-electron chi connectivity index (χ4n) is 5.02. The van der Waals surface area contributed by atoms with Gasteiger partial charge in [0.25, 0.3) is 5.91 Å². The van der Waals surface area contributed by atoms with Crippen LogP contribution in [0.3, 0.4) is 0 Å². The molecule has 0 saturated heterocycles. The predicted molar refractivity (Wildman–Crippen MR) is 179 cm³/mol. The molecule has 5 aromatic rings. The number of benzene rings is 4. The lowest BCUT2D eigenvalue weighted by Gasteiger charge is -2.17. The Balaban J connectivity index is 1.53. The quantitative estimate of drug-likeness (QED) is 0.142. The Morgan fingerprint density at radius 1 is 0.735 bits per heavy atom. The summed E-state index contributed by atoms with van der Waals surface area (Å²) in [5.74, 6) is 1.07. The van der Waals surface area contributed by atoms with Crippen LogP contribution in [0, 0.1) is 13.8 Å². The molecule has 5 rings (SSSR count). The van der Waals surface area contributed by atoms with Crippen molar-refractivity contribution in [3.8, 4) is 45.8 Å². The lowest BCUT2D eigenvalue weighted by molar-refractivity contribution is -0.137. The number of nitrogens with zero attached hydrogens (tertiary/aromatic N) is 2. The zero-order valence-corrected chi connectivity index (χ0v) is 27.5. The third kappa shape index (κ3) is 7.61. The maximum absolute atomic E-state index is 13.7. The molecule has 0 fully saturated rings. The van der Waals surface area contributed by atoms with Crippen molar-refractivity contribution in [3.63, 3.8) is 0 Å². The lowest BCUT2D eigenvalue weighted by Crippen LogP contribution is -2.16. The minimum atomic E-state index is -4.45. The zero-order valence-electron chi connectivity index (χ0n) is 27.5. The number of halogens is 3. The lowest BCUT2D eigenvalue weighted by atomic mass is 10.0. The topological polar surface area (TPSA) is 113 Å². The fraction of sp³-hybridized carbons (Fsp3) is 0.194. The summed E-state index contributed by atoms with van der Waals surface area (Å²) in [7, 11) is 5.89. The van der Waals surface area contributed by atoms with Gasteiger partial charge in [-0.25, -0.2) is 4.98 Å². The van der Waals surface area contributed by atoms with Crippen LogP contribution in [0.1, 0.15) is 27.0 Å². The molecule has 0 radical (unpaired) electrons. The van der Waals surface area contributed by atoms with Gasteiger partial charge >= 0.3 is 6.18 Å². The van der Waals surface area contributed by atoms with Crippen molar-refractivity contribution in [1.29, 1.82) is 0 Å². The predicted octanol–water partition coefficient (Wildman–Crippen LogP) is 8.60. The number of para-hydroxylation sites is 1. The highest BCUT2D eigenvalue weighted by atomic mass is 19.4. The molecular weight excluding hydrogens is 641 g/mol. The maximum Gasteiger partial charge on any atom is 0.416 e. The van der Waals surface area contributed by atoms with E-state index in [0.29, 0.717) is 39.8 Å². The number of methoxy groups -OCH3 is 4.